The van der Waals surface area contributed by atoms with Crippen LogP contribution in [0, 0.1) is 6.92 Å². The number of carbonyl (C=O) groups is 2. The Bertz CT molecular complexity index is 800. The first-order chi connectivity index (χ1) is 13.9. The molecule has 1 amide bonds. The lowest BCUT2D eigenvalue weighted by atomic mass is 10.1. The van der Waals surface area contributed by atoms with Crippen molar-refractivity contribution in [2.75, 3.05) is 26.7 Å². The van der Waals surface area contributed by atoms with Gasteiger partial charge in [-0.3, -0.25) is 14.5 Å². The third-order valence-electron chi connectivity index (χ3n) is 4.80. The Morgan fingerprint density at radius 2 is 1.93 bits per heavy atom. The van der Waals surface area contributed by atoms with Gasteiger partial charge in [0, 0.05) is 13.1 Å². The minimum atomic E-state index is -0.538. The monoisotopic (exact) mass is 398 g/mol. The molecule has 0 unspecified atom stereocenters. The molecular weight excluding hydrogens is 368 g/mol. The fraction of sp³-hybridized carbons (Fsp3) is 0.391. The van der Waals surface area contributed by atoms with Gasteiger partial charge in [0.2, 0.25) is 5.91 Å². The third kappa shape index (κ3) is 6.91. The first-order valence-electron chi connectivity index (χ1n) is 9.74. The normalized spacial score (nSPS) is 11.9. The van der Waals surface area contributed by atoms with Crippen LogP contribution in [0.4, 0.5) is 0 Å². The second-order valence-electron chi connectivity index (χ2n) is 6.98. The van der Waals surface area contributed by atoms with Crippen molar-refractivity contribution in [2.45, 2.75) is 32.9 Å². The van der Waals surface area contributed by atoms with E-state index in [1.54, 1.807) is 22.8 Å². The van der Waals surface area contributed by atoms with Crippen LogP contribution in [0.15, 0.2) is 59.5 Å². The number of carbonyl (C=O) groups excluding carboxylic acids is 2. The molecule has 0 radical (unpaired) electrons. The first kappa shape index (κ1) is 22.4. The molecule has 0 aliphatic rings. The summed E-state index contributed by atoms with van der Waals surface area (Å²) in [6.07, 6.45) is 2.41. The molecule has 0 aliphatic carbocycles. The Hall–Kier alpha value is -2.86. The van der Waals surface area contributed by atoms with Gasteiger partial charge in [-0.25, -0.2) is 0 Å². The molecule has 1 aromatic heterocycles. The second-order valence-corrected chi connectivity index (χ2v) is 6.98. The fourth-order valence-electron chi connectivity index (χ4n) is 3.08. The largest absolute Gasteiger partial charge is 0.468 e. The number of nitrogens with zero attached hydrogens (tertiary/aromatic N) is 2. The summed E-state index contributed by atoms with van der Waals surface area (Å²) in [4.78, 5) is 28.6. The van der Waals surface area contributed by atoms with Crippen molar-refractivity contribution in [1.29, 1.82) is 0 Å². The molecule has 0 saturated heterocycles. The standard InChI is InChI=1S/C23H30N2O4/c1-5-14-24(19(3)23(27)28-4)17-22(26)25(16-21-12-11-18(2)29-21)15-13-20-9-7-6-8-10-20/h5-12,19H,1,13-17H2,2-4H3/t19-/m0/s1. The molecule has 2 rings (SSSR count). The zero-order chi connectivity index (χ0) is 21.2. The van der Waals surface area contributed by atoms with Crippen molar-refractivity contribution in [3.63, 3.8) is 0 Å². The van der Waals surface area contributed by atoms with E-state index < -0.39 is 6.04 Å². The Kier molecular flexibility index (Phi) is 8.68. The minimum absolute atomic E-state index is 0.0763. The summed E-state index contributed by atoms with van der Waals surface area (Å²) in [6.45, 7) is 8.78. The molecular formula is C23H30N2O4. The molecule has 0 saturated carbocycles. The van der Waals surface area contributed by atoms with Gasteiger partial charge in [0.15, 0.2) is 0 Å². The van der Waals surface area contributed by atoms with Crippen molar-refractivity contribution >= 4 is 11.9 Å². The molecule has 1 heterocycles. The molecule has 0 bridgehead atoms. The predicted molar refractivity (Wildman–Crippen MR) is 112 cm³/mol. The lowest BCUT2D eigenvalue weighted by molar-refractivity contribution is -0.147. The maximum atomic E-state index is 13.1. The van der Waals surface area contributed by atoms with Crippen molar-refractivity contribution in [3.8, 4) is 0 Å². The van der Waals surface area contributed by atoms with Gasteiger partial charge >= 0.3 is 5.97 Å². The minimum Gasteiger partial charge on any atom is -0.468 e. The SMILES string of the molecule is C=CCN(CC(=O)N(CCc1ccccc1)Cc1ccc(C)o1)[C@@H](C)C(=O)OC. The topological polar surface area (TPSA) is 63.0 Å². The zero-order valence-corrected chi connectivity index (χ0v) is 17.5. The van der Waals surface area contributed by atoms with Crippen LogP contribution in [0.5, 0.6) is 0 Å². The van der Waals surface area contributed by atoms with E-state index in [-0.39, 0.29) is 18.4 Å². The average Bonchev–Trinajstić information content (AvgIpc) is 3.14. The van der Waals surface area contributed by atoms with E-state index in [1.165, 1.54) is 7.11 Å². The third-order valence-corrected chi connectivity index (χ3v) is 4.80. The molecule has 6 nitrogen and oxygen atoms in total. The first-order valence-corrected chi connectivity index (χ1v) is 9.74. The molecule has 1 atom stereocenters. The maximum Gasteiger partial charge on any atom is 0.322 e. The zero-order valence-electron chi connectivity index (χ0n) is 17.5. The molecule has 0 fully saturated rings. The van der Waals surface area contributed by atoms with Gasteiger partial charge in [-0.15, -0.1) is 6.58 Å². The molecule has 1 aromatic carbocycles. The summed E-state index contributed by atoms with van der Waals surface area (Å²) in [5.41, 5.74) is 1.16. The summed E-state index contributed by atoms with van der Waals surface area (Å²) in [5.74, 6) is 1.09. The van der Waals surface area contributed by atoms with Crippen LogP contribution < -0.4 is 0 Å². The number of rotatable bonds is 11. The van der Waals surface area contributed by atoms with Crippen molar-refractivity contribution < 1.29 is 18.7 Å². The molecule has 0 aliphatic heterocycles. The average molecular weight is 399 g/mol. The molecule has 156 valence electrons. The number of amides is 1. The Balaban J connectivity index is 2.12. The molecule has 2 aromatic rings. The van der Waals surface area contributed by atoms with Crippen molar-refractivity contribution in [3.05, 3.63) is 72.2 Å². The summed E-state index contributed by atoms with van der Waals surface area (Å²) in [6, 6.07) is 13.3. The number of hydrogen-bond acceptors (Lipinski definition) is 5. The molecule has 0 spiro atoms. The number of ether oxygens (including phenoxy) is 1. The highest BCUT2D eigenvalue weighted by Gasteiger charge is 2.25. The van der Waals surface area contributed by atoms with Crippen molar-refractivity contribution in [1.82, 2.24) is 9.80 Å². The van der Waals surface area contributed by atoms with E-state index in [1.807, 2.05) is 49.4 Å². The van der Waals surface area contributed by atoms with Gasteiger partial charge in [0.1, 0.15) is 17.6 Å². The quantitative estimate of drug-likeness (QED) is 0.430. The highest BCUT2D eigenvalue weighted by Crippen LogP contribution is 2.12. The van der Waals surface area contributed by atoms with Crippen molar-refractivity contribution in [2.24, 2.45) is 0 Å². The number of benzene rings is 1. The number of aryl methyl sites for hydroxylation is 1. The van der Waals surface area contributed by atoms with Crippen LogP contribution in [-0.2, 0) is 27.3 Å². The van der Waals surface area contributed by atoms with Crippen LogP contribution >= 0.6 is 0 Å². The van der Waals surface area contributed by atoms with E-state index in [0.717, 1.165) is 23.5 Å². The predicted octanol–water partition coefficient (Wildman–Crippen LogP) is 3.21. The van der Waals surface area contributed by atoms with Gasteiger partial charge < -0.3 is 14.1 Å². The number of esters is 1. The van der Waals surface area contributed by atoms with Crippen LogP contribution in [0.3, 0.4) is 0 Å². The molecule has 0 N–H and O–H groups in total. The number of hydrogen-bond donors (Lipinski definition) is 0. The lowest BCUT2D eigenvalue weighted by Crippen LogP contribution is -2.47. The Labute approximate surface area is 172 Å². The van der Waals surface area contributed by atoms with E-state index in [4.69, 9.17) is 9.15 Å². The van der Waals surface area contributed by atoms with E-state index in [0.29, 0.717) is 19.6 Å². The van der Waals surface area contributed by atoms with Crippen LogP contribution in [-0.4, -0.2) is 54.5 Å². The summed E-state index contributed by atoms with van der Waals surface area (Å²) >= 11 is 0. The highest BCUT2D eigenvalue weighted by molar-refractivity contribution is 5.80. The summed E-state index contributed by atoms with van der Waals surface area (Å²) in [5, 5.41) is 0. The highest BCUT2D eigenvalue weighted by atomic mass is 16.5. The molecule has 29 heavy (non-hydrogen) atoms. The number of methoxy groups -OCH3 is 1. The lowest BCUT2D eigenvalue weighted by Gasteiger charge is -2.29. The summed E-state index contributed by atoms with van der Waals surface area (Å²) in [7, 11) is 1.35. The van der Waals surface area contributed by atoms with Crippen LogP contribution in [0.1, 0.15) is 24.0 Å². The Morgan fingerprint density at radius 3 is 2.52 bits per heavy atom. The van der Waals surface area contributed by atoms with Gasteiger partial charge in [0.05, 0.1) is 20.2 Å². The fourth-order valence-corrected chi connectivity index (χ4v) is 3.08. The van der Waals surface area contributed by atoms with Crippen LogP contribution in [0.2, 0.25) is 0 Å². The van der Waals surface area contributed by atoms with E-state index in [9.17, 15) is 9.59 Å². The van der Waals surface area contributed by atoms with Gasteiger partial charge in [-0.1, -0.05) is 36.4 Å². The van der Waals surface area contributed by atoms with Gasteiger partial charge in [0.25, 0.3) is 0 Å². The smallest absolute Gasteiger partial charge is 0.322 e. The van der Waals surface area contributed by atoms with E-state index >= 15 is 0 Å². The van der Waals surface area contributed by atoms with Gasteiger partial charge in [-0.05, 0) is 38.0 Å². The second kappa shape index (κ2) is 11.2. The van der Waals surface area contributed by atoms with Crippen LogP contribution in [0.25, 0.3) is 0 Å². The molecule has 6 heteroatoms. The maximum absolute atomic E-state index is 13.1. The number of furan rings is 1. The Morgan fingerprint density at radius 1 is 1.21 bits per heavy atom. The van der Waals surface area contributed by atoms with Gasteiger partial charge in [-0.2, -0.15) is 0 Å². The van der Waals surface area contributed by atoms with E-state index in [2.05, 4.69) is 6.58 Å². The summed E-state index contributed by atoms with van der Waals surface area (Å²) < 4.78 is 10.5.